The van der Waals surface area contributed by atoms with Crippen molar-refractivity contribution >= 4 is 73.5 Å². The standard InChI is InChI=1S/C36H42ClN5O6S.CH3.Pd/c1-20-19-41(33(44)47-35(2,3)4)30-29-23-9-10-24(21-17-27(37)39-28(18-21)40-15-13-22(46-8)14-16-40)38-25(23)11-12-26(29)49-31(30)32(43)42(20)34(45)48-36(5,6)7;;/h9-12,17-18,20,22H,13-16,19H2,1-8H3;1H3;/q;-1;/t20-;;/m1../s1. The first-order chi connectivity index (χ1) is 23.0. The summed E-state index contributed by atoms with van der Waals surface area (Å²) in [4.78, 5) is 56.1. The van der Waals surface area contributed by atoms with Crippen LogP contribution in [0.5, 0.6) is 0 Å². The first-order valence-electron chi connectivity index (χ1n) is 16.4. The Morgan fingerprint density at radius 1 is 0.941 bits per heavy atom. The number of ether oxygens (including phenoxy) is 3. The molecule has 3 amide bonds. The van der Waals surface area contributed by atoms with Crippen molar-refractivity contribution in [2.75, 3.05) is 36.5 Å². The Kier molecular flexibility index (Phi) is 12.2. The van der Waals surface area contributed by atoms with Gasteiger partial charge in [-0.05, 0) is 97.7 Å². The fraction of sp³-hybridized carbons (Fsp3) is 0.459. The minimum absolute atomic E-state index is 0. The number of carbonyl (C=O) groups excluding carboxylic acids is 3. The predicted molar refractivity (Wildman–Crippen MR) is 199 cm³/mol. The summed E-state index contributed by atoms with van der Waals surface area (Å²) < 4.78 is 17.8. The Bertz CT molecular complexity index is 1950. The van der Waals surface area contributed by atoms with E-state index in [0.29, 0.717) is 27.4 Å². The number of piperidine rings is 1. The molecule has 0 spiro atoms. The molecule has 0 unspecified atom stereocenters. The second-order valence-corrected chi connectivity index (χ2v) is 16.0. The summed E-state index contributed by atoms with van der Waals surface area (Å²) in [5, 5.41) is 1.81. The van der Waals surface area contributed by atoms with E-state index >= 15 is 0 Å². The summed E-state index contributed by atoms with van der Waals surface area (Å²) in [6.07, 6.45) is 0.674. The van der Waals surface area contributed by atoms with Crippen molar-refractivity contribution in [3.05, 3.63) is 53.9 Å². The van der Waals surface area contributed by atoms with Gasteiger partial charge in [-0.2, -0.15) is 0 Å². The molecule has 0 saturated carbocycles. The van der Waals surface area contributed by atoms with Gasteiger partial charge in [0.05, 0.1) is 35.6 Å². The predicted octanol–water partition coefficient (Wildman–Crippen LogP) is 8.75. The molecule has 11 nitrogen and oxygen atoms in total. The van der Waals surface area contributed by atoms with Gasteiger partial charge in [0.1, 0.15) is 27.1 Å². The maximum Gasteiger partial charge on any atom is 0.417 e. The molecule has 1 aromatic carbocycles. The van der Waals surface area contributed by atoms with E-state index in [4.69, 9.17) is 30.8 Å². The Morgan fingerprint density at radius 2 is 1.59 bits per heavy atom. The number of fused-ring (bicyclic) bond motifs is 5. The van der Waals surface area contributed by atoms with Gasteiger partial charge in [0.15, 0.2) is 0 Å². The van der Waals surface area contributed by atoms with Gasteiger partial charge in [0.25, 0.3) is 5.91 Å². The molecule has 1 fully saturated rings. The number of benzene rings is 1. The number of hydrogen-bond acceptors (Lipinski definition) is 10. The summed E-state index contributed by atoms with van der Waals surface area (Å²) >= 11 is 7.75. The van der Waals surface area contributed by atoms with Crippen molar-refractivity contribution in [3.8, 4) is 11.3 Å². The molecule has 2 aliphatic heterocycles. The van der Waals surface area contributed by atoms with Crippen LogP contribution in [0.2, 0.25) is 5.15 Å². The van der Waals surface area contributed by atoms with Crippen LogP contribution in [0.25, 0.3) is 32.2 Å². The zero-order chi connectivity index (χ0) is 35.4. The molecule has 1 atom stereocenters. The van der Waals surface area contributed by atoms with Crippen LogP contribution in [0.1, 0.15) is 71.0 Å². The van der Waals surface area contributed by atoms with E-state index in [0.717, 1.165) is 52.3 Å². The molecule has 6 rings (SSSR count). The maximum atomic E-state index is 14.2. The number of methoxy groups -OCH3 is 1. The molecule has 14 heteroatoms. The van der Waals surface area contributed by atoms with Gasteiger partial charge < -0.3 is 26.5 Å². The molecule has 278 valence electrons. The minimum atomic E-state index is -0.822. The maximum absolute atomic E-state index is 14.2. The summed E-state index contributed by atoms with van der Waals surface area (Å²) in [5.41, 5.74) is 0.968. The number of imide groups is 1. The Hall–Kier alpha value is -3.34. The molecule has 0 aliphatic carbocycles. The van der Waals surface area contributed by atoms with Gasteiger partial charge in [-0.25, -0.2) is 24.5 Å². The van der Waals surface area contributed by atoms with Crippen molar-refractivity contribution < 1.29 is 49.0 Å². The van der Waals surface area contributed by atoms with E-state index in [1.165, 1.54) is 16.2 Å². The van der Waals surface area contributed by atoms with Crippen LogP contribution < -0.4 is 9.80 Å². The summed E-state index contributed by atoms with van der Waals surface area (Å²) in [7, 11) is 1.74. The fourth-order valence-corrected chi connectivity index (χ4v) is 7.63. The second-order valence-electron chi connectivity index (χ2n) is 14.5. The van der Waals surface area contributed by atoms with Crippen LogP contribution in [-0.4, -0.2) is 83.1 Å². The van der Waals surface area contributed by atoms with E-state index in [1.807, 2.05) is 30.3 Å². The molecule has 51 heavy (non-hydrogen) atoms. The normalized spacial score (nSPS) is 17.1. The largest absolute Gasteiger partial charge is 0.443 e. The molecule has 4 aromatic rings. The quantitative estimate of drug-likeness (QED) is 0.114. The van der Waals surface area contributed by atoms with Crippen LogP contribution in [0.4, 0.5) is 21.1 Å². The number of carbonyl (C=O) groups is 3. The van der Waals surface area contributed by atoms with Crippen LogP contribution in [0, 0.1) is 7.43 Å². The third-order valence-corrected chi connectivity index (χ3v) is 9.77. The van der Waals surface area contributed by atoms with E-state index < -0.39 is 35.3 Å². The summed E-state index contributed by atoms with van der Waals surface area (Å²) in [5.74, 6) is 0.253. The number of thiophene rings is 1. The van der Waals surface area contributed by atoms with Crippen molar-refractivity contribution in [2.45, 2.75) is 84.7 Å². The second kappa shape index (κ2) is 15.3. The smallest absolute Gasteiger partial charge is 0.417 e. The third kappa shape index (κ3) is 8.50. The van der Waals surface area contributed by atoms with Gasteiger partial charge in [-0.3, -0.25) is 9.69 Å². The first-order valence-corrected chi connectivity index (χ1v) is 17.6. The number of nitrogens with zero attached hydrogens (tertiary/aromatic N) is 5. The number of rotatable bonds is 3. The molecule has 3 aromatic heterocycles. The monoisotopic (exact) mass is 828 g/mol. The minimum Gasteiger partial charge on any atom is -0.443 e. The number of anilines is 2. The molecule has 0 N–H and O–H groups in total. The van der Waals surface area contributed by atoms with Crippen LogP contribution >= 0.6 is 22.9 Å². The van der Waals surface area contributed by atoms with Gasteiger partial charge in [-0.15, -0.1) is 11.3 Å². The van der Waals surface area contributed by atoms with Crippen LogP contribution in [0.3, 0.4) is 0 Å². The van der Waals surface area contributed by atoms with Crippen molar-refractivity contribution in [1.29, 1.82) is 0 Å². The molecule has 0 radical (unpaired) electrons. The number of halogens is 1. The van der Waals surface area contributed by atoms with Gasteiger partial charge in [-0.1, -0.05) is 11.6 Å². The van der Waals surface area contributed by atoms with Gasteiger partial charge in [0, 0.05) is 61.7 Å². The number of hydrogen-bond donors (Lipinski definition) is 0. The number of amides is 3. The van der Waals surface area contributed by atoms with Crippen LogP contribution in [0.15, 0.2) is 36.4 Å². The molecule has 1 saturated heterocycles. The Morgan fingerprint density at radius 3 is 2.22 bits per heavy atom. The number of pyridine rings is 2. The van der Waals surface area contributed by atoms with Crippen molar-refractivity contribution in [1.82, 2.24) is 14.9 Å². The van der Waals surface area contributed by atoms with E-state index in [1.54, 1.807) is 61.6 Å². The van der Waals surface area contributed by atoms with Crippen molar-refractivity contribution in [2.24, 2.45) is 0 Å². The van der Waals surface area contributed by atoms with E-state index in [9.17, 15) is 14.4 Å². The zero-order valence-corrected chi connectivity index (χ0v) is 33.6. The third-order valence-electron chi connectivity index (χ3n) is 8.45. The average molecular weight is 830 g/mol. The fourth-order valence-electron chi connectivity index (χ4n) is 6.27. The Labute approximate surface area is 322 Å². The molecule has 0 bridgehead atoms. The first kappa shape index (κ1) is 40.4. The SMILES string of the molecule is COC1CCN(c2cc(-c3ccc4c(ccc5sc6c(c54)N(C(=O)OC(C)(C)C)C[C@@H](C)N(C(=O)OC(C)(C)C)C6=O)n3)cc(Cl)n2)CC1.[CH3-].[Pd]. The molecule has 2 aliphatic rings. The summed E-state index contributed by atoms with van der Waals surface area (Å²) in [6.45, 7) is 14.0. The topological polar surface area (TPSA) is 114 Å². The Balaban J connectivity index is 0.00000292. The van der Waals surface area contributed by atoms with E-state index in [2.05, 4.69) is 9.88 Å². The average Bonchev–Trinajstić information content (AvgIpc) is 3.36. The van der Waals surface area contributed by atoms with Gasteiger partial charge in [0.2, 0.25) is 0 Å². The summed E-state index contributed by atoms with van der Waals surface area (Å²) in [6, 6.07) is 10.7. The molecular weight excluding hydrogens is 784 g/mol. The van der Waals surface area contributed by atoms with Gasteiger partial charge >= 0.3 is 12.2 Å². The number of aromatic nitrogens is 2. The molecule has 5 heterocycles. The van der Waals surface area contributed by atoms with E-state index in [-0.39, 0.29) is 45.4 Å². The van der Waals surface area contributed by atoms with Crippen molar-refractivity contribution in [3.63, 3.8) is 0 Å². The zero-order valence-electron chi connectivity index (χ0n) is 30.4. The molecular formula is C37H45ClN5O6PdS-. The van der Waals surface area contributed by atoms with Crippen LogP contribution in [-0.2, 0) is 34.6 Å².